The molecule has 0 saturated heterocycles. The van der Waals surface area contributed by atoms with Crippen LogP contribution in [-0.4, -0.2) is 82.5 Å². The highest BCUT2D eigenvalue weighted by Gasteiger charge is 2.46. The molecule has 3 amide bonds. The summed E-state index contributed by atoms with van der Waals surface area (Å²) in [6.07, 6.45) is 4.14. The fraction of sp³-hybridized carbons (Fsp3) is 0.158. The lowest BCUT2D eigenvalue weighted by Crippen LogP contribution is -2.46. The molecule has 0 bridgehead atoms. The second-order valence-corrected chi connectivity index (χ2v) is 23.0. The van der Waals surface area contributed by atoms with Crippen LogP contribution in [-0.2, 0) is 17.0 Å². The van der Waals surface area contributed by atoms with Gasteiger partial charge in [-0.2, -0.15) is 0 Å². The molecule has 10 N–H and O–H groups in total. The standard InChI is InChI=1S/2C19H16Cl2N6O2.C14H9BrCl2N2O2.C5H8N4/c2*1-19(10-4-3-5-11(20)6-10)26-17(28)16-12(21)7-13(18(29)27(16)19)25-15-8-14(22-2)23-9-24-15;1-14(7-3-2-4-8(16)5-7)18-12(20)11-10(17)6-9(15)13(21)19(11)14;1-7-5-2-4(6)8-3-9-5/h2*3-9H,1-2H3,(H,26,28)(H2,22,23,24,25);2-6H,1H3,(H,18,20);2-3H,1H3,(H3,6,7,8,9). The van der Waals surface area contributed by atoms with Crippen molar-refractivity contribution in [3.63, 3.8) is 0 Å². The molecule has 9 heterocycles. The van der Waals surface area contributed by atoms with E-state index in [4.69, 9.17) is 75.3 Å². The average Bonchev–Trinajstić information content (AvgIpc) is 2.01. The number of fused-ring (bicyclic) bond motifs is 3. The second kappa shape index (κ2) is 25.9. The van der Waals surface area contributed by atoms with Gasteiger partial charge in [-0.05, 0) is 108 Å². The number of carbonyl (C=O) groups is 3. The predicted molar refractivity (Wildman–Crippen MR) is 346 cm³/mol. The molecule has 31 heteroatoms. The van der Waals surface area contributed by atoms with Crippen LogP contribution in [0.15, 0.2) is 147 Å². The first-order valence-corrected chi connectivity index (χ1v) is 29.0. The van der Waals surface area contributed by atoms with Crippen molar-refractivity contribution in [2.75, 3.05) is 53.5 Å². The third-order valence-electron chi connectivity index (χ3n) is 14.0. The molecular weight excluding hydrogens is 1330 g/mol. The highest BCUT2D eigenvalue weighted by atomic mass is 79.9. The Kier molecular flexibility index (Phi) is 18.7. The number of nitrogen functional groups attached to an aromatic ring is 1. The summed E-state index contributed by atoms with van der Waals surface area (Å²) >= 11 is 40.3. The van der Waals surface area contributed by atoms with Crippen LogP contribution < -0.4 is 64.9 Å². The summed E-state index contributed by atoms with van der Waals surface area (Å²) in [4.78, 5) is 101. The van der Waals surface area contributed by atoms with Crippen LogP contribution in [0.5, 0.6) is 0 Å². The van der Waals surface area contributed by atoms with Gasteiger partial charge in [-0.1, -0.05) is 106 Å². The van der Waals surface area contributed by atoms with Gasteiger partial charge in [-0.25, -0.2) is 29.9 Å². The number of nitrogens with zero attached hydrogens (tertiary/aromatic N) is 9. The fourth-order valence-corrected chi connectivity index (χ4v) is 11.7. The number of rotatable bonds is 10. The smallest absolute Gasteiger partial charge is 0.277 e. The Morgan fingerprint density at radius 3 is 1.08 bits per heavy atom. The van der Waals surface area contributed by atoms with Gasteiger partial charge < -0.3 is 48.3 Å². The summed E-state index contributed by atoms with van der Waals surface area (Å²) in [7, 11) is 5.23. The number of hydrogen-bond acceptors (Lipinski definition) is 18. The minimum absolute atomic E-state index is 0.0864. The van der Waals surface area contributed by atoms with Crippen LogP contribution in [0, 0.1) is 0 Å². The summed E-state index contributed by atoms with van der Waals surface area (Å²) in [6, 6.07) is 30.1. The highest BCUT2D eigenvalue weighted by molar-refractivity contribution is 9.10. The second-order valence-electron chi connectivity index (χ2n) is 19.6. The molecule has 0 saturated carbocycles. The zero-order valence-electron chi connectivity index (χ0n) is 46.8. The van der Waals surface area contributed by atoms with Crippen molar-refractivity contribution in [1.29, 1.82) is 0 Å². The van der Waals surface area contributed by atoms with Gasteiger partial charge in [0.05, 0.1) is 19.5 Å². The van der Waals surface area contributed by atoms with Crippen molar-refractivity contribution in [1.82, 2.24) is 59.6 Å². The molecule has 0 radical (unpaired) electrons. The van der Waals surface area contributed by atoms with Gasteiger partial charge in [0.1, 0.15) is 99.3 Å². The number of hydrogen-bond donors (Lipinski definition) is 9. The molecule has 24 nitrogen and oxygen atoms in total. The van der Waals surface area contributed by atoms with E-state index in [9.17, 15) is 28.8 Å². The van der Waals surface area contributed by atoms with Crippen LogP contribution in [0.2, 0.25) is 30.1 Å². The van der Waals surface area contributed by atoms with Gasteiger partial charge >= 0.3 is 0 Å². The molecule has 3 aliphatic heterocycles. The largest absolute Gasteiger partial charge is 0.384 e. The maximum atomic E-state index is 13.3. The van der Waals surface area contributed by atoms with E-state index in [0.717, 1.165) is 5.82 Å². The lowest BCUT2D eigenvalue weighted by atomic mass is 10.0. The van der Waals surface area contributed by atoms with E-state index in [0.29, 0.717) is 65.3 Å². The zero-order chi connectivity index (χ0) is 63.6. The van der Waals surface area contributed by atoms with Crippen LogP contribution in [0.25, 0.3) is 0 Å². The quantitative estimate of drug-likeness (QED) is 0.0615. The van der Waals surface area contributed by atoms with Gasteiger partial charge in [0.2, 0.25) is 0 Å². The summed E-state index contributed by atoms with van der Waals surface area (Å²) in [5, 5.41) is 25.0. The first-order chi connectivity index (χ1) is 41.8. The minimum Gasteiger partial charge on any atom is -0.384 e. The average molecular weight is 1370 g/mol. The molecule has 3 unspecified atom stereocenters. The van der Waals surface area contributed by atoms with Gasteiger partial charge in [0.15, 0.2) is 0 Å². The number of anilines is 8. The molecule has 452 valence electrons. The van der Waals surface area contributed by atoms with Gasteiger partial charge in [0.25, 0.3) is 34.4 Å². The molecule has 9 aromatic rings. The van der Waals surface area contributed by atoms with E-state index in [1.54, 1.807) is 133 Å². The van der Waals surface area contributed by atoms with E-state index in [1.807, 2.05) is 0 Å². The number of nitrogens with two attached hydrogens (primary N) is 1. The fourth-order valence-electron chi connectivity index (χ4n) is 9.71. The maximum absolute atomic E-state index is 13.3. The van der Waals surface area contributed by atoms with E-state index >= 15 is 0 Å². The Hall–Kier alpha value is -8.82. The van der Waals surface area contributed by atoms with E-state index in [1.165, 1.54) is 50.9 Å². The molecule has 88 heavy (non-hydrogen) atoms. The summed E-state index contributed by atoms with van der Waals surface area (Å²) < 4.78 is 4.33. The number of carbonyl (C=O) groups excluding carboxylic acids is 3. The van der Waals surface area contributed by atoms with Crippen molar-refractivity contribution in [3.8, 4) is 0 Å². The SMILES string of the molecule is CC1(c2cccc(Cl)c2)NC(=O)c2c(Cl)cc(Br)c(=O)n21.CNc1cc(N)ncn1.CNc1cc(Nc2cc(Cl)c3n(c2=O)C(C)(c2cccc(Cl)c2)NC3=O)ncn1.CNc1cc(Nc2cc(Cl)c3n(c2=O)C(C)(c2cccc(Cl)c2)NC3=O)ncn1. The molecule has 0 aliphatic carbocycles. The third-order valence-corrected chi connectivity index (χ3v) is 16.1. The van der Waals surface area contributed by atoms with Gasteiger partial charge in [-0.3, -0.25) is 42.5 Å². The normalized spacial score (nSPS) is 17.4. The van der Waals surface area contributed by atoms with Crippen molar-refractivity contribution in [2.24, 2.45) is 0 Å². The molecular formula is C57H49BrCl6N18O6. The first-order valence-electron chi connectivity index (χ1n) is 25.9. The first kappa shape index (κ1) is 63.7. The summed E-state index contributed by atoms with van der Waals surface area (Å²) in [5.41, 5.74) is 3.43. The number of halogens is 7. The molecule has 3 aliphatic rings. The lowest BCUT2D eigenvalue weighted by Gasteiger charge is -2.28. The molecule has 0 fully saturated rings. The molecule has 6 aromatic heterocycles. The Morgan fingerprint density at radius 1 is 0.432 bits per heavy atom. The number of nitrogens with one attached hydrogen (secondary N) is 8. The number of pyridine rings is 3. The number of benzene rings is 3. The van der Waals surface area contributed by atoms with Crippen molar-refractivity contribution < 1.29 is 14.4 Å². The Labute approximate surface area is 538 Å². The maximum Gasteiger partial charge on any atom is 0.277 e. The van der Waals surface area contributed by atoms with E-state index in [2.05, 4.69) is 88.4 Å². The van der Waals surface area contributed by atoms with Crippen LogP contribution in [0.1, 0.15) is 68.9 Å². The number of aromatic nitrogens is 9. The molecule has 3 aromatic carbocycles. The van der Waals surface area contributed by atoms with Crippen molar-refractivity contribution >= 4 is 150 Å². The molecule has 12 rings (SSSR count). The third kappa shape index (κ3) is 12.6. The monoisotopic (exact) mass is 1370 g/mol. The molecule has 3 atom stereocenters. The Balaban J connectivity index is 0.000000148. The Morgan fingerprint density at radius 2 is 0.750 bits per heavy atom. The van der Waals surface area contributed by atoms with Crippen LogP contribution in [0.3, 0.4) is 0 Å². The van der Waals surface area contributed by atoms with Crippen molar-refractivity contribution in [3.05, 3.63) is 228 Å². The topological polar surface area (TPSA) is 317 Å². The lowest BCUT2D eigenvalue weighted by molar-refractivity contribution is 0.0932. The van der Waals surface area contributed by atoms with E-state index < -0.39 is 45.8 Å². The highest BCUT2D eigenvalue weighted by Crippen LogP contribution is 2.38. The predicted octanol–water partition coefficient (Wildman–Crippen LogP) is 9.87. The van der Waals surface area contributed by atoms with Crippen LogP contribution >= 0.6 is 85.5 Å². The summed E-state index contributed by atoms with van der Waals surface area (Å²) in [6.45, 7) is 5.17. The number of amides is 3. The van der Waals surface area contributed by atoms with Crippen LogP contribution in [0.4, 0.5) is 46.3 Å². The van der Waals surface area contributed by atoms with Gasteiger partial charge in [-0.15, -0.1) is 0 Å². The van der Waals surface area contributed by atoms with Crippen molar-refractivity contribution in [2.45, 2.75) is 37.8 Å². The van der Waals surface area contributed by atoms with E-state index in [-0.39, 0.29) is 49.1 Å². The summed E-state index contributed by atoms with van der Waals surface area (Å²) in [5.74, 6) is 1.90. The van der Waals surface area contributed by atoms with Gasteiger partial charge in [0, 0.05) is 54.4 Å². The Bertz CT molecular complexity index is 4280. The minimum atomic E-state index is -1.16. The zero-order valence-corrected chi connectivity index (χ0v) is 52.9. The molecule has 0 spiro atoms.